The van der Waals surface area contributed by atoms with Crippen LogP contribution in [-0.4, -0.2) is 0 Å². The van der Waals surface area contributed by atoms with Crippen LogP contribution in [-0.2, 0) is 0 Å². The lowest BCUT2D eigenvalue weighted by atomic mass is 10.0. The number of nitrogens with two attached hydrogens (primary N) is 1. The first-order valence-electron chi connectivity index (χ1n) is 3.84. The molecule has 0 aliphatic heterocycles. The van der Waals surface area contributed by atoms with Crippen LogP contribution in [0, 0.1) is 6.92 Å². The van der Waals surface area contributed by atoms with E-state index in [4.69, 9.17) is 5.73 Å². The molecule has 1 rings (SSSR count). The van der Waals surface area contributed by atoms with Crippen molar-refractivity contribution in [2.24, 2.45) is 0 Å². The largest absolute Gasteiger partial charge is 0.398 e. The average Bonchev–Trinajstić information content (AvgIpc) is 2.08. The number of aryl methyl sites for hydroxylation is 1. The van der Waals surface area contributed by atoms with Crippen molar-refractivity contribution in [3.8, 4) is 0 Å². The maximum Gasteiger partial charge on any atom is 0.0461 e. The van der Waals surface area contributed by atoms with Gasteiger partial charge in [-0.15, -0.1) is 0 Å². The molecule has 62 valence electrons. The summed E-state index contributed by atoms with van der Waals surface area (Å²) in [6, 6.07) is 4.02. The van der Waals surface area contributed by atoms with Gasteiger partial charge in [0.15, 0.2) is 0 Å². The van der Waals surface area contributed by atoms with Gasteiger partial charge < -0.3 is 5.73 Å². The van der Waals surface area contributed by atoms with E-state index in [2.05, 4.69) is 13.2 Å². The van der Waals surface area contributed by atoms with E-state index in [-0.39, 0.29) is 0 Å². The van der Waals surface area contributed by atoms with Gasteiger partial charge in [0, 0.05) is 5.69 Å². The van der Waals surface area contributed by atoms with E-state index in [0.29, 0.717) is 0 Å². The third-order valence-corrected chi connectivity index (χ3v) is 1.83. The number of rotatable bonds is 2. The quantitative estimate of drug-likeness (QED) is 0.660. The van der Waals surface area contributed by atoms with Crippen LogP contribution in [0.3, 0.4) is 0 Å². The van der Waals surface area contributed by atoms with Crippen LogP contribution in [0.2, 0.25) is 0 Å². The van der Waals surface area contributed by atoms with Gasteiger partial charge in [0.1, 0.15) is 0 Å². The zero-order valence-electron chi connectivity index (χ0n) is 7.30. The monoisotopic (exact) mass is 159 g/mol. The minimum Gasteiger partial charge on any atom is -0.398 e. The van der Waals surface area contributed by atoms with Gasteiger partial charge >= 0.3 is 0 Å². The molecule has 0 amide bonds. The Kier molecular flexibility index (Phi) is 2.34. The van der Waals surface area contributed by atoms with Crippen molar-refractivity contribution in [3.05, 3.63) is 42.0 Å². The predicted molar refractivity (Wildman–Crippen MR) is 55.8 cm³/mol. The minimum absolute atomic E-state index is 0.755. The van der Waals surface area contributed by atoms with Crippen LogP contribution in [0.5, 0.6) is 0 Å². The zero-order chi connectivity index (χ0) is 9.14. The Morgan fingerprint density at radius 2 is 1.58 bits per heavy atom. The van der Waals surface area contributed by atoms with E-state index in [9.17, 15) is 0 Å². The van der Waals surface area contributed by atoms with E-state index >= 15 is 0 Å². The molecular weight excluding hydrogens is 146 g/mol. The Morgan fingerprint density at radius 1 is 1.17 bits per heavy atom. The number of hydrogen-bond acceptors (Lipinski definition) is 1. The summed E-state index contributed by atoms with van der Waals surface area (Å²) in [6.07, 6.45) is 3.52. The Bertz CT molecular complexity index is 295. The van der Waals surface area contributed by atoms with Crippen molar-refractivity contribution in [2.45, 2.75) is 6.92 Å². The van der Waals surface area contributed by atoms with Crippen LogP contribution in [0.15, 0.2) is 25.3 Å². The highest BCUT2D eigenvalue weighted by Gasteiger charge is 2.00. The van der Waals surface area contributed by atoms with Crippen molar-refractivity contribution in [1.29, 1.82) is 0 Å². The molecule has 0 heterocycles. The minimum atomic E-state index is 0.755. The third kappa shape index (κ3) is 1.40. The van der Waals surface area contributed by atoms with Crippen LogP contribution >= 0.6 is 0 Å². The second-order valence-corrected chi connectivity index (χ2v) is 2.77. The van der Waals surface area contributed by atoms with Crippen LogP contribution in [0.4, 0.5) is 5.69 Å². The molecule has 0 bridgehead atoms. The molecular formula is C11H13N. The molecule has 0 unspecified atom stereocenters. The summed E-state index contributed by atoms with van der Waals surface area (Å²) in [7, 11) is 0. The van der Waals surface area contributed by atoms with Gasteiger partial charge in [0.05, 0.1) is 0 Å². The van der Waals surface area contributed by atoms with Crippen molar-refractivity contribution in [2.75, 3.05) is 5.73 Å². The zero-order valence-corrected chi connectivity index (χ0v) is 7.30. The first kappa shape index (κ1) is 8.60. The first-order valence-corrected chi connectivity index (χ1v) is 3.84. The average molecular weight is 159 g/mol. The summed E-state index contributed by atoms with van der Waals surface area (Å²) < 4.78 is 0. The van der Waals surface area contributed by atoms with Gasteiger partial charge in [-0.3, -0.25) is 0 Å². The first-order chi connectivity index (χ1) is 5.69. The lowest BCUT2D eigenvalue weighted by molar-refractivity contribution is 1.44. The van der Waals surface area contributed by atoms with Crippen molar-refractivity contribution in [1.82, 2.24) is 0 Å². The van der Waals surface area contributed by atoms with E-state index < -0.39 is 0 Å². The highest BCUT2D eigenvalue weighted by molar-refractivity contribution is 5.74. The second-order valence-electron chi connectivity index (χ2n) is 2.77. The molecule has 0 fully saturated rings. The van der Waals surface area contributed by atoms with Gasteiger partial charge in [-0.25, -0.2) is 0 Å². The molecule has 0 saturated heterocycles. The highest BCUT2D eigenvalue weighted by Crippen LogP contribution is 2.21. The Morgan fingerprint density at radius 3 is 1.92 bits per heavy atom. The maximum absolute atomic E-state index is 5.83. The summed E-state index contributed by atoms with van der Waals surface area (Å²) >= 11 is 0. The maximum atomic E-state index is 5.83. The van der Waals surface area contributed by atoms with Gasteiger partial charge in [0.25, 0.3) is 0 Å². The molecule has 1 aromatic carbocycles. The molecule has 0 atom stereocenters. The molecule has 12 heavy (non-hydrogen) atoms. The van der Waals surface area contributed by atoms with Crippen molar-refractivity contribution < 1.29 is 0 Å². The lowest BCUT2D eigenvalue weighted by Crippen LogP contribution is -1.93. The normalized spacial score (nSPS) is 9.42. The third-order valence-electron chi connectivity index (χ3n) is 1.83. The summed E-state index contributed by atoms with van der Waals surface area (Å²) in [5, 5.41) is 0. The molecule has 0 spiro atoms. The van der Waals surface area contributed by atoms with E-state index in [1.165, 1.54) is 5.56 Å². The molecule has 0 aliphatic rings. The topological polar surface area (TPSA) is 26.0 Å². The smallest absolute Gasteiger partial charge is 0.0461 e. The SMILES string of the molecule is C=Cc1cc(C)cc(C=C)c1N. The van der Waals surface area contributed by atoms with E-state index in [0.717, 1.165) is 16.8 Å². The molecule has 0 aromatic heterocycles. The molecule has 0 radical (unpaired) electrons. The van der Waals surface area contributed by atoms with Gasteiger partial charge in [-0.1, -0.05) is 25.3 Å². The summed E-state index contributed by atoms with van der Waals surface area (Å²) in [5.41, 5.74) is 9.71. The number of anilines is 1. The molecule has 0 saturated carbocycles. The summed E-state index contributed by atoms with van der Waals surface area (Å²) in [5.74, 6) is 0. The fourth-order valence-electron chi connectivity index (χ4n) is 1.19. The summed E-state index contributed by atoms with van der Waals surface area (Å²) in [6.45, 7) is 9.42. The van der Waals surface area contributed by atoms with Gasteiger partial charge in [0.2, 0.25) is 0 Å². The van der Waals surface area contributed by atoms with Crippen molar-refractivity contribution in [3.63, 3.8) is 0 Å². The number of nitrogen functional groups attached to an aromatic ring is 1. The Hall–Kier alpha value is -1.50. The molecule has 1 aromatic rings. The highest BCUT2D eigenvalue weighted by atomic mass is 14.6. The summed E-state index contributed by atoms with van der Waals surface area (Å²) in [4.78, 5) is 0. The number of benzene rings is 1. The molecule has 1 heteroatoms. The second kappa shape index (κ2) is 3.26. The Labute approximate surface area is 73.2 Å². The van der Waals surface area contributed by atoms with E-state index in [1.54, 1.807) is 12.2 Å². The van der Waals surface area contributed by atoms with Gasteiger partial charge in [-0.05, 0) is 35.7 Å². The standard InChI is InChI=1S/C11H13N/c1-4-9-6-8(3)7-10(5-2)11(9)12/h4-7H,1-2,12H2,3H3. The molecule has 1 nitrogen and oxygen atoms in total. The van der Waals surface area contributed by atoms with E-state index in [1.807, 2.05) is 19.1 Å². The fraction of sp³-hybridized carbons (Fsp3) is 0.0909. The molecule has 2 N–H and O–H groups in total. The Balaban J connectivity index is 3.41. The fourth-order valence-corrected chi connectivity index (χ4v) is 1.19. The van der Waals surface area contributed by atoms with Crippen LogP contribution in [0.25, 0.3) is 12.2 Å². The van der Waals surface area contributed by atoms with Gasteiger partial charge in [-0.2, -0.15) is 0 Å². The number of hydrogen-bond donors (Lipinski definition) is 1. The van der Waals surface area contributed by atoms with Crippen molar-refractivity contribution >= 4 is 17.8 Å². The van der Waals surface area contributed by atoms with Crippen LogP contribution in [0.1, 0.15) is 16.7 Å². The molecule has 0 aliphatic carbocycles. The van der Waals surface area contributed by atoms with Crippen LogP contribution < -0.4 is 5.73 Å². The lowest BCUT2D eigenvalue weighted by Gasteiger charge is -2.06. The predicted octanol–water partition coefficient (Wildman–Crippen LogP) is 2.86.